The van der Waals surface area contributed by atoms with Crippen LogP contribution in [0.1, 0.15) is 10.4 Å². The number of rotatable bonds is 6. The van der Waals surface area contributed by atoms with Crippen LogP contribution in [0.3, 0.4) is 0 Å². The maximum absolute atomic E-state index is 13.4. The molecule has 1 heterocycles. The molecule has 0 unspecified atom stereocenters. The first-order valence-corrected chi connectivity index (χ1v) is 8.71. The van der Waals surface area contributed by atoms with Gasteiger partial charge in [0.2, 0.25) is 11.1 Å². The third kappa shape index (κ3) is 4.67. The Hall–Kier alpha value is -3.27. The topological polar surface area (TPSA) is 99.0 Å². The van der Waals surface area contributed by atoms with Gasteiger partial charge in [-0.05, 0) is 52.9 Å². The molecule has 0 spiro atoms. The quantitative estimate of drug-likeness (QED) is 0.512. The van der Waals surface area contributed by atoms with E-state index >= 15 is 0 Å². The lowest BCUT2D eigenvalue weighted by Crippen LogP contribution is -2.14. The van der Waals surface area contributed by atoms with E-state index in [1.807, 2.05) is 0 Å². The van der Waals surface area contributed by atoms with Gasteiger partial charge in [-0.25, -0.2) is 9.18 Å². The van der Waals surface area contributed by atoms with Crippen LogP contribution in [0.15, 0.2) is 53.7 Å². The molecule has 3 aromatic rings. The van der Waals surface area contributed by atoms with E-state index in [2.05, 4.69) is 25.6 Å². The number of esters is 1. The summed E-state index contributed by atoms with van der Waals surface area (Å²) in [6.07, 6.45) is 0. The third-order valence-electron chi connectivity index (χ3n) is 3.42. The van der Waals surface area contributed by atoms with Crippen LogP contribution < -0.4 is 5.32 Å². The van der Waals surface area contributed by atoms with Crippen LogP contribution in [0.25, 0.3) is 5.69 Å². The van der Waals surface area contributed by atoms with E-state index in [9.17, 15) is 14.0 Å². The number of ether oxygens (including phenoxy) is 1. The van der Waals surface area contributed by atoms with Crippen molar-refractivity contribution >= 4 is 29.3 Å². The molecule has 1 aromatic heterocycles. The summed E-state index contributed by atoms with van der Waals surface area (Å²) < 4.78 is 19.3. The number of hydrogen-bond acceptors (Lipinski definition) is 7. The van der Waals surface area contributed by atoms with Gasteiger partial charge in [-0.1, -0.05) is 17.8 Å². The number of aromatic nitrogens is 4. The van der Waals surface area contributed by atoms with E-state index in [1.54, 1.807) is 36.4 Å². The number of amides is 1. The Bertz CT molecular complexity index is 961. The predicted molar refractivity (Wildman–Crippen MR) is 96.2 cm³/mol. The number of carbonyl (C=O) groups is 2. The van der Waals surface area contributed by atoms with Crippen molar-refractivity contribution in [3.63, 3.8) is 0 Å². The monoisotopic (exact) mass is 387 g/mol. The standard InChI is InChI=1S/C17H14FN5O3S/c1-26-16(25)11-5-7-13(8-6-11)19-15(24)10-27-17-20-21-22-23(17)14-4-2-3-12(18)9-14/h2-9H,10H2,1H3,(H,19,24). The number of hydrogen-bond donors (Lipinski definition) is 1. The number of thioether (sulfide) groups is 1. The summed E-state index contributed by atoms with van der Waals surface area (Å²) in [5.41, 5.74) is 1.39. The molecule has 0 aliphatic carbocycles. The molecule has 1 amide bonds. The fourth-order valence-corrected chi connectivity index (χ4v) is 2.86. The molecule has 1 N–H and O–H groups in total. The number of methoxy groups -OCH3 is 1. The lowest BCUT2D eigenvalue weighted by Gasteiger charge is -2.06. The zero-order valence-electron chi connectivity index (χ0n) is 14.1. The molecular formula is C17H14FN5O3S. The number of carbonyl (C=O) groups excluding carboxylic acids is 2. The highest BCUT2D eigenvalue weighted by atomic mass is 32.2. The molecule has 8 nitrogen and oxygen atoms in total. The van der Waals surface area contributed by atoms with Crippen LogP contribution in [0.4, 0.5) is 10.1 Å². The highest BCUT2D eigenvalue weighted by Gasteiger charge is 2.12. The number of tetrazole rings is 1. The summed E-state index contributed by atoms with van der Waals surface area (Å²) in [4.78, 5) is 23.5. The highest BCUT2D eigenvalue weighted by molar-refractivity contribution is 7.99. The number of anilines is 1. The van der Waals surface area contributed by atoms with E-state index in [4.69, 9.17) is 0 Å². The molecule has 0 radical (unpaired) electrons. The maximum atomic E-state index is 13.4. The van der Waals surface area contributed by atoms with E-state index in [1.165, 1.54) is 23.9 Å². The Balaban J connectivity index is 1.60. The van der Waals surface area contributed by atoms with E-state index in [-0.39, 0.29) is 11.7 Å². The van der Waals surface area contributed by atoms with Gasteiger partial charge < -0.3 is 10.1 Å². The Labute approximate surface area is 157 Å². The molecule has 0 aliphatic heterocycles. The smallest absolute Gasteiger partial charge is 0.337 e. The first-order chi connectivity index (χ1) is 13.1. The summed E-state index contributed by atoms with van der Waals surface area (Å²) in [5.74, 6) is -1.09. The molecule has 0 atom stereocenters. The van der Waals surface area contributed by atoms with E-state index in [0.717, 1.165) is 11.8 Å². The lowest BCUT2D eigenvalue weighted by atomic mass is 10.2. The summed E-state index contributed by atoms with van der Waals surface area (Å²) in [5, 5.41) is 14.3. The summed E-state index contributed by atoms with van der Waals surface area (Å²) >= 11 is 1.11. The second-order valence-electron chi connectivity index (χ2n) is 5.26. The molecule has 0 saturated heterocycles. The van der Waals surface area contributed by atoms with Crippen molar-refractivity contribution in [2.45, 2.75) is 5.16 Å². The van der Waals surface area contributed by atoms with Gasteiger partial charge in [0.05, 0.1) is 24.1 Å². The lowest BCUT2D eigenvalue weighted by molar-refractivity contribution is -0.113. The van der Waals surface area contributed by atoms with E-state index in [0.29, 0.717) is 22.1 Å². The van der Waals surface area contributed by atoms with Crippen molar-refractivity contribution < 1.29 is 18.7 Å². The molecule has 10 heteroatoms. The fourth-order valence-electron chi connectivity index (χ4n) is 2.17. The molecule has 2 aromatic carbocycles. The predicted octanol–water partition coefficient (Wildman–Crippen LogP) is 2.32. The Morgan fingerprint density at radius 2 is 2.00 bits per heavy atom. The van der Waals surface area contributed by atoms with Crippen molar-refractivity contribution in [2.75, 3.05) is 18.2 Å². The van der Waals surface area contributed by atoms with Crippen molar-refractivity contribution in [3.05, 3.63) is 59.9 Å². The minimum absolute atomic E-state index is 0.0500. The Morgan fingerprint density at radius 3 is 2.70 bits per heavy atom. The fraction of sp³-hybridized carbons (Fsp3) is 0.118. The zero-order valence-corrected chi connectivity index (χ0v) is 14.9. The molecule has 138 valence electrons. The van der Waals surface area contributed by atoms with Crippen molar-refractivity contribution in [3.8, 4) is 5.69 Å². The zero-order chi connectivity index (χ0) is 19.2. The van der Waals surface area contributed by atoms with Gasteiger partial charge in [-0.2, -0.15) is 4.68 Å². The Kier molecular flexibility index (Phi) is 5.77. The second-order valence-corrected chi connectivity index (χ2v) is 6.20. The van der Waals surface area contributed by atoms with Crippen LogP contribution in [0.5, 0.6) is 0 Å². The SMILES string of the molecule is COC(=O)c1ccc(NC(=O)CSc2nnnn2-c2cccc(F)c2)cc1. The molecule has 0 fully saturated rings. The first kappa shape index (κ1) is 18.5. The van der Waals surface area contributed by atoms with Gasteiger partial charge in [0.15, 0.2) is 0 Å². The average Bonchev–Trinajstić information content (AvgIpc) is 3.15. The highest BCUT2D eigenvalue weighted by Crippen LogP contribution is 2.19. The van der Waals surface area contributed by atoms with Gasteiger partial charge in [0.1, 0.15) is 5.82 Å². The molecule has 0 saturated carbocycles. The Morgan fingerprint density at radius 1 is 1.22 bits per heavy atom. The average molecular weight is 387 g/mol. The number of halogens is 1. The normalized spacial score (nSPS) is 10.4. The molecular weight excluding hydrogens is 373 g/mol. The number of nitrogens with one attached hydrogen (secondary N) is 1. The van der Waals surface area contributed by atoms with Crippen LogP contribution in [-0.2, 0) is 9.53 Å². The van der Waals surface area contributed by atoms with Crippen molar-refractivity contribution in [1.82, 2.24) is 20.2 Å². The minimum atomic E-state index is -0.451. The second kappa shape index (κ2) is 8.41. The van der Waals surface area contributed by atoms with Crippen molar-refractivity contribution in [2.24, 2.45) is 0 Å². The summed E-state index contributed by atoms with van der Waals surface area (Å²) in [6.45, 7) is 0. The van der Waals surface area contributed by atoms with Crippen LogP contribution in [0.2, 0.25) is 0 Å². The maximum Gasteiger partial charge on any atom is 0.337 e. The minimum Gasteiger partial charge on any atom is -0.465 e. The van der Waals surface area contributed by atoms with Gasteiger partial charge >= 0.3 is 5.97 Å². The van der Waals surface area contributed by atoms with Crippen LogP contribution >= 0.6 is 11.8 Å². The van der Waals surface area contributed by atoms with Crippen LogP contribution in [-0.4, -0.2) is 44.9 Å². The number of benzene rings is 2. The largest absolute Gasteiger partial charge is 0.465 e. The van der Waals surface area contributed by atoms with Gasteiger partial charge in [0.25, 0.3) is 0 Å². The molecule has 27 heavy (non-hydrogen) atoms. The third-order valence-corrected chi connectivity index (χ3v) is 4.34. The van der Waals surface area contributed by atoms with Gasteiger partial charge in [0, 0.05) is 5.69 Å². The molecule has 3 rings (SSSR count). The van der Waals surface area contributed by atoms with Gasteiger partial charge in [-0.3, -0.25) is 4.79 Å². The first-order valence-electron chi connectivity index (χ1n) is 7.72. The van der Waals surface area contributed by atoms with Crippen molar-refractivity contribution in [1.29, 1.82) is 0 Å². The summed E-state index contributed by atoms with van der Waals surface area (Å²) in [7, 11) is 1.30. The summed E-state index contributed by atoms with van der Waals surface area (Å²) in [6, 6.07) is 12.1. The van der Waals surface area contributed by atoms with Crippen LogP contribution in [0, 0.1) is 5.82 Å². The molecule has 0 aliphatic rings. The van der Waals surface area contributed by atoms with E-state index < -0.39 is 11.8 Å². The number of nitrogens with zero attached hydrogens (tertiary/aromatic N) is 4. The van der Waals surface area contributed by atoms with Gasteiger partial charge in [-0.15, -0.1) is 5.10 Å². The molecule has 0 bridgehead atoms.